The van der Waals surface area contributed by atoms with Crippen LogP contribution in [0.2, 0.25) is 0 Å². The summed E-state index contributed by atoms with van der Waals surface area (Å²) < 4.78 is 27.2. The van der Waals surface area contributed by atoms with E-state index in [1.54, 1.807) is 0 Å². The summed E-state index contributed by atoms with van der Waals surface area (Å²) in [4.78, 5) is 4.48. The molecule has 0 aliphatic heterocycles. The zero-order valence-electron chi connectivity index (χ0n) is 13.2. The van der Waals surface area contributed by atoms with Gasteiger partial charge in [0.05, 0.1) is 25.5 Å². The summed E-state index contributed by atoms with van der Waals surface area (Å²) >= 11 is 0. The van der Waals surface area contributed by atoms with Gasteiger partial charge in [-0.2, -0.15) is 0 Å². The van der Waals surface area contributed by atoms with Gasteiger partial charge in [0.25, 0.3) is 0 Å². The van der Waals surface area contributed by atoms with E-state index in [0.29, 0.717) is 19.7 Å². The highest BCUT2D eigenvalue weighted by Gasteiger charge is 2.01. The van der Waals surface area contributed by atoms with Gasteiger partial charge in [-0.25, -0.2) is 13.4 Å². The van der Waals surface area contributed by atoms with Crippen LogP contribution < -0.4 is 10.6 Å². The van der Waals surface area contributed by atoms with E-state index in [-0.39, 0.29) is 12.4 Å². The third-order valence-corrected chi connectivity index (χ3v) is 3.65. The SMILES string of the molecule is CCNC(=NCc1ccccc1)NCCOCCS(C)(=O)=O. The molecule has 0 fully saturated rings. The van der Waals surface area contributed by atoms with Gasteiger partial charge in [0.2, 0.25) is 0 Å². The lowest BCUT2D eigenvalue weighted by Crippen LogP contribution is -2.39. The fraction of sp³-hybridized carbons (Fsp3) is 0.533. The second-order valence-corrected chi connectivity index (χ2v) is 7.11. The van der Waals surface area contributed by atoms with Gasteiger partial charge in [0.15, 0.2) is 5.96 Å². The summed E-state index contributed by atoms with van der Waals surface area (Å²) in [5.74, 6) is 0.771. The molecular formula is C15H25N3O3S. The second-order valence-electron chi connectivity index (χ2n) is 4.85. The third kappa shape index (κ3) is 9.36. The van der Waals surface area contributed by atoms with Gasteiger partial charge >= 0.3 is 0 Å². The Bertz CT molecular complexity index is 544. The van der Waals surface area contributed by atoms with Gasteiger partial charge in [0.1, 0.15) is 9.84 Å². The molecule has 1 rings (SSSR count). The smallest absolute Gasteiger partial charge is 0.191 e. The molecule has 0 amide bonds. The molecule has 2 N–H and O–H groups in total. The molecule has 0 saturated carbocycles. The molecule has 22 heavy (non-hydrogen) atoms. The maximum Gasteiger partial charge on any atom is 0.191 e. The number of sulfone groups is 1. The zero-order valence-corrected chi connectivity index (χ0v) is 14.0. The van der Waals surface area contributed by atoms with Crippen molar-refractivity contribution >= 4 is 15.8 Å². The normalized spacial score (nSPS) is 12.2. The van der Waals surface area contributed by atoms with E-state index in [1.165, 1.54) is 6.26 Å². The van der Waals surface area contributed by atoms with Crippen molar-refractivity contribution in [1.82, 2.24) is 10.6 Å². The average molecular weight is 327 g/mol. The number of hydrogen-bond donors (Lipinski definition) is 2. The van der Waals surface area contributed by atoms with Crippen LogP contribution in [0.15, 0.2) is 35.3 Å². The predicted molar refractivity (Wildman–Crippen MR) is 89.8 cm³/mol. The molecule has 124 valence electrons. The largest absolute Gasteiger partial charge is 0.379 e. The fourth-order valence-corrected chi connectivity index (χ4v) is 2.07. The Balaban J connectivity index is 2.29. The van der Waals surface area contributed by atoms with Crippen molar-refractivity contribution in [2.24, 2.45) is 4.99 Å². The summed E-state index contributed by atoms with van der Waals surface area (Å²) in [5.41, 5.74) is 1.14. The van der Waals surface area contributed by atoms with Crippen LogP contribution in [0, 0.1) is 0 Å². The van der Waals surface area contributed by atoms with Crippen molar-refractivity contribution in [3.63, 3.8) is 0 Å². The van der Waals surface area contributed by atoms with Gasteiger partial charge in [-0.1, -0.05) is 30.3 Å². The summed E-state index contributed by atoms with van der Waals surface area (Å²) in [6, 6.07) is 10.0. The molecular weight excluding hydrogens is 302 g/mol. The minimum Gasteiger partial charge on any atom is -0.379 e. The lowest BCUT2D eigenvalue weighted by atomic mass is 10.2. The molecule has 0 atom stereocenters. The molecule has 1 aromatic carbocycles. The van der Waals surface area contributed by atoms with E-state index in [2.05, 4.69) is 15.6 Å². The molecule has 0 unspecified atom stereocenters. The Kier molecular flexibility index (Phi) is 8.54. The van der Waals surface area contributed by atoms with Crippen molar-refractivity contribution in [2.45, 2.75) is 13.5 Å². The third-order valence-electron chi connectivity index (χ3n) is 2.74. The molecule has 0 radical (unpaired) electrons. The van der Waals surface area contributed by atoms with Crippen LogP contribution in [-0.2, 0) is 21.1 Å². The topological polar surface area (TPSA) is 79.8 Å². The lowest BCUT2D eigenvalue weighted by Gasteiger charge is -2.11. The van der Waals surface area contributed by atoms with Crippen molar-refractivity contribution in [3.8, 4) is 0 Å². The summed E-state index contributed by atoms with van der Waals surface area (Å²) in [5, 5.41) is 6.31. The van der Waals surface area contributed by atoms with Gasteiger partial charge in [-0.05, 0) is 12.5 Å². The Morgan fingerprint density at radius 1 is 1.18 bits per heavy atom. The number of guanidine groups is 1. The minimum atomic E-state index is -2.96. The van der Waals surface area contributed by atoms with E-state index < -0.39 is 9.84 Å². The van der Waals surface area contributed by atoms with Crippen molar-refractivity contribution < 1.29 is 13.2 Å². The van der Waals surface area contributed by atoms with Crippen LogP contribution in [0.25, 0.3) is 0 Å². The van der Waals surface area contributed by atoms with Crippen molar-refractivity contribution in [1.29, 1.82) is 0 Å². The highest BCUT2D eigenvalue weighted by atomic mass is 32.2. The number of benzene rings is 1. The Morgan fingerprint density at radius 2 is 1.91 bits per heavy atom. The highest BCUT2D eigenvalue weighted by molar-refractivity contribution is 7.90. The highest BCUT2D eigenvalue weighted by Crippen LogP contribution is 1.99. The van der Waals surface area contributed by atoms with Crippen molar-refractivity contribution in [3.05, 3.63) is 35.9 Å². The standard InChI is InChI=1S/C15H25N3O3S/c1-3-16-15(18-13-14-7-5-4-6-8-14)17-9-10-21-11-12-22(2,19)20/h4-8H,3,9-13H2,1-2H3,(H2,16,17,18). The van der Waals surface area contributed by atoms with Gasteiger partial charge in [-0.3, -0.25) is 0 Å². The van der Waals surface area contributed by atoms with Crippen LogP contribution >= 0.6 is 0 Å². The number of nitrogens with one attached hydrogen (secondary N) is 2. The molecule has 6 nitrogen and oxygen atoms in total. The average Bonchev–Trinajstić information content (AvgIpc) is 2.48. The van der Waals surface area contributed by atoms with E-state index in [1.807, 2.05) is 37.3 Å². The first-order valence-corrected chi connectivity index (χ1v) is 9.39. The quantitative estimate of drug-likeness (QED) is 0.398. The van der Waals surface area contributed by atoms with E-state index >= 15 is 0 Å². The molecule has 0 aliphatic carbocycles. The Labute approximate surface area is 132 Å². The Morgan fingerprint density at radius 3 is 2.55 bits per heavy atom. The Hall–Kier alpha value is -1.60. The summed E-state index contributed by atoms with van der Waals surface area (Å²) in [6.07, 6.45) is 1.20. The summed E-state index contributed by atoms with van der Waals surface area (Å²) in [7, 11) is -2.96. The van der Waals surface area contributed by atoms with Crippen LogP contribution in [0.5, 0.6) is 0 Å². The molecule has 0 heterocycles. The van der Waals surface area contributed by atoms with E-state index in [0.717, 1.165) is 18.1 Å². The number of ether oxygens (including phenoxy) is 1. The van der Waals surface area contributed by atoms with E-state index in [4.69, 9.17) is 4.74 Å². The number of rotatable bonds is 9. The monoisotopic (exact) mass is 327 g/mol. The van der Waals surface area contributed by atoms with Crippen LogP contribution in [-0.4, -0.2) is 52.7 Å². The van der Waals surface area contributed by atoms with Crippen LogP contribution in [0.4, 0.5) is 0 Å². The first-order valence-electron chi connectivity index (χ1n) is 7.33. The zero-order chi connectivity index (χ0) is 16.3. The minimum absolute atomic E-state index is 0.0508. The van der Waals surface area contributed by atoms with Crippen LogP contribution in [0.3, 0.4) is 0 Å². The number of aliphatic imine (C=N–C) groups is 1. The predicted octanol–water partition coefficient (Wildman–Crippen LogP) is 0.803. The molecule has 0 spiro atoms. The molecule has 7 heteroatoms. The maximum absolute atomic E-state index is 11.0. The molecule has 0 saturated heterocycles. The van der Waals surface area contributed by atoms with Crippen molar-refractivity contribution in [2.75, 3.05) is 38.3 Å². The first-order chi connectivity index (χ1) is 10.5. The molecule has 1 aromatic rings. The van der Waals surface area contributed by atoms with E-state index in [9.17, 15) is 8.42 Å². The van der Waals surface area contributed by atoms with Gasteiger partial charge in [0, 0.05) is 19.3 Å². The molecule has 0 bridgehead atoms. The maximum atomic E-state index is 11.0. The van der Waals surface area contributed by atoms with Crippen LogP contribution in [0.1, 0.15) is 12.5 Å². The molecule has 0 aliphatic rings. The number of nitrogens with zero attached hydrogens (tertiary/aromatic N) is 1. The summed E-state index contributed by atoms with van der Waals surface area (Å²) in [6.45, 7) is 4.61. The number of hydrogen-bond acceptors (Lipinski definition) is 4. The van der Waals surface area contributed by atoms with Gasteiger partial charge in [-0.15, -0.1) is 0 Å². The first kappa shape index (κ1) is 18.4. The lowest BCUT2D eigenvalue weighted by molar-refractivity contribution is 0.154. The molecule has 0 aromatic heterocycles. The second kappa shape index (κ2) is 10.2. The fourth-order valence-electron chi connectivity index (χ4n) is 1.65. The van der Waals surface area contributed by atoms with Gasteiger partial charge < -0.3 is 15.4 Å².